The van der Waals surface area contributed by atoms with Crippen LogP contribution in [0.15, 0.2) is 16.5 Å². The molecule has 4 heteroatoms. The Morgan fingerprint density at radius 2 is 2.38 bits per heavy atom. The van der Waals surface area contributed by atoms with Gasteiger partial charge in [0.25, 0.3) is 0 Å². The van der Waals surface area contributed by atoms with Crippen LogP contribution in [-0.4, -0.2) is 18.5 Å². The topological polar surface area (TPSA) is 68.3 Å². The van der Waals surface area contributed by atoms with Crippen molar-refractivity contribution >= 4 is 5.91 Å². The molecule has 1 fully saturated rings. The highest BCUT2D eigenvalue weighted by molar-refractivity contribution is 5.79. The van der Waals surface area contributed by atoms with Gasteiger partial charge in [0, 0.05) is 19.0 Å². The minimum Gasteiger partial charge on any atom is -0.466 e. The Balaban J connectivity index is 1.90. The molecule has 0 spiro atoms. The number of carbonyl (C=O) groups is 1. The van der Waals surface area contributed by atoms with Crippen molar-refractivity contribution in [2.45, 2.75) is 32.2 Å². The van der Waals surface area contributed by atoms with Crippen LogP contribution in [0.3, 0.4) is 0 Å². The van der Waals surface area contributed by atoms with E-state index in [1.165, 1.54) is 0 Å². The fraction of sp³-hybridized carbons (Fsp3) is 0.583. The average Bonchev–Trinajstić information content (AvgIpc) is 2.97. The molecule has 1 atom stereocenters. The maximum atomic E-state index is 11.8. The van der Waals surface area contributed by atoms with Crippen LogP contribution in [0, 0.1) is 12.8 Å². The summed E-state index contributed by atoms with van der Waals surface area (Å²) in [7, 11) is 0. The first-order valence-corrected chi connectivity index (χ1v) is 5.75. The highest BCUT2D eigenvalue weighted by atomic mass is 16.3. The number of carbonyl (C=O) groups excluding carboxylic acids is 1. The Labute approximate surface area is 95.2 Å². The molecule has 0 saturated heterocycles. The van der Waals surface area contributed by atoms with Gasteiger partial charge in [-0.05, 0) is 31.9 Å². The smallest absolute Gasteiger partial charge is 0.225 e. The Hall–Kier alpha value is -1.29. The van der Waals surface area contributed by atoms with Crippen molar-refractivity contribution in [3.63, 3.8) is 0 Å². The summed E-state index contributed by atoms with van der Waals surface area (Å²) in [5.74, 6) is 1.58. The van der Waals surface area contributed by atoms with E-state index in [1.807, 2.05) is 19.1 Å². The molecular formula is C12H18N2O2. The van der Waals surface area contributed by atoms with Crippen molar-refractivity contribution < 1.29 is 9.21 Å². The standard InChI is InChI=1S/C12H18N2O2/c1-8-2-5-11(16-8)6-9(7-13)12(15)14-10-3-4-10/h2,5,9-10H,3-4,6-7,13H2,1H3,(H,14,15). The van der Waals surface area contributed by atoms with Gasteiger partial charge in [-0.15, -0.1) is 0 Å². The summed E-state index contributed by atoms with van der Waals surface area (Å²) >= 11 is 0. The quantitative estimate of drug-likeness (QED) is 0.780. The van der Waals surface area contributed by atoms with Gasteiger partial charge in [0.05, 0.1) is 5.92 Å². The van der Waals surface area contributed by atoms with Gasteiger partial charge in [0.15, 0.2) is 0 Å². The third-order valence-electron chi connectivity index (χ3n) is 2.82. The lowest BCUT2D eigenvalue weighted by atomic mass is 10.0. The van der Waals surface area contributed by atoms with E-state index in [4.69, 9.17) is 10.2 Å². The summed E-state index contributed by atoms with van der Waals surface area (Å²) in [6.07, 6.45) is 2.79. The maximum Gasteiger partial charge on any atom is 0.225 e. The number of hydrogen-bond acceptors (Lipinski definition) is 3. The third kappa shape index (κ3) is 2.85. The summed E-state index contributed by atoms with van der Waals surface area (Å²) < 4.78 is 5.45. The van der Waals surface area contributed by atoms with Crippen molar-refractivity contribution in [1.82, 2.24) is 5.32 Å². The molecule has 1 aliphatic rings. The SMILES string of the molecule is Cc1ccc(CC(CN)C(=O)NC2CC2)o1. The Kier molecular flexibility index (Phi) is 3.29. The van der Waals surface area contributed by atoms with Crippen molar-refractivity contribution in [2.24, 2.45) is 11.7 Å². The van der Waals surface area contributed by atoms with E-state index < -0.39 is 0 Å². The van der Waals surface area contributed by atoms with Gasteiger partial charge in [-0.25, -0.2) is 0 Å². The second-order valence-corrected chi connectivity index (χ2v) is 4.43. The van der Waals surface area contributed by atoms with Crippen LogP contribution >= 0.6 is 0 Å². The summed E-state index contributed by atoms with van der Waals surface area (Å²) in [5, 5.41) is 2.97. The van der Waals surface area contributed by atoms with Gasteiger partial charge in [-0.1, -0.05) is 0 Å². The lowest BCUT2D eigenvalue weighted by molar-refractivity contribution is -0.124. The van der Waals surface area contributed by atoms with E-state index in [9.17, 15) is 4.79 Å². The molecule has 4 nitrogen and oxygen atoms in total. The first-order chi connectivity index (χ1) is 7.69. The Morgan fingerprint density at radius 3 is 2.88 bits per heavy atom. The van der Waals surface area contributed by atoms with Gasteiger partial charge in [-0.3, -0.25) is 4.79 Å². The predicted molar refractivity (Wildman–Crippen MR) is 60.9 cm³/mol. The summed E-state index contributed by atoms with van der Waals surface area (Å²) in [4.78, 5) is 11.8. The molecular weight excluding hydrogens is 204 g/mol. The fourth-order valence-electron chi connectivity index (χ4n) is 1.67. The van der Waals surface area contributed by atoms with E-state index in [0.717, 1.165) is 24.4 Å². The number of aryl methyl sites for hydroxylation is 1. The van der Waals surface area contributed by atoms with Gasteiger partial charge in [0.1, 0.15) is 11.5 Å². The maximum absolute atomic E-state index is 11.8. The van der Waals surface area contributed by atoms with E-state index in [0.29, 0.717) is 19.0 Å². The van der Waals surface area contributed by atoms with Gasteiger partial charge < -0.3 is 15.5 Å². The number of nitrogens with one attached hydrogen (secondary N) is 1. The molecule has 1 aromatic heterocycles. The normalized spacial score (nSPS) is 17.1. The third-order valence-corrected chi connectivity index (χ3v) is 2.82. The molecule has 3 N–H and O–H groups in total. The molecule has 88 valence electrons. The predicted octanol–water partition coefficient (Wildman–Crippen LogP) is 0.984. The van der Waals surface area contributed by atoms with E-state index in [1.54, 1.807) is 0 Å². The van der Waals surface area contributed by atoms with E-state index in [-0.39, 0.29) is 11.8 Å². The molecule has 16 heavy (non-hydrogen) atoms. The lowest BCUT2D eigenvalue weighted by Crippen LogP contribution is -2.37. The van der Waals surface area contributed by atoms with E-state index >= 15 is 0 Å². The van der Waals surface area contributed by atoms with Gasteiger partial charge in [-0.2, -0.15) is 0 Å². The lowest BCUT2D eigenvalue weighted by Gasteiger charge is -2.13. The van der Waals surface area contributed by atoms with Crippen LogP contribution in [0.2, 0.25) is 0 Å². The van der Waals surface area contributed by atoms with Crippen LogP contribution in [0.4, 0.5) is 0 Å². The van der Waals surface area contributed by atoms with Crippen LogP contribution in [-0.2, 0) is 11.2 Å². The first-order valence-electron chi connectivity index (χ1n) is 5.75. The van der Waals surface area contributed by atoms with Crippen LogP contribution in [0.25, 0.3) is 0 Å². The van der Waals surface area contributed by atoms with Crippen molar-refractivity contribution in [3.8, 4) is 0 Å². The van der Waals surface area contributed by atoms with Crippen molar-refractivity contribution in [3.05, 3.63) is 23.7 Å². The highest BCUT2D eigenvalue weighted by Gasteiger charge is 2.27. The molecule has 1 amide bonds. The number of hydrogen-bond donors (Lipinski definition) is 2. The van der Waals surface area contributed by atoms with E-state index in [2.05, 4.69) is 5.32 Å². The first kappa shape index (κ1) is 11.2. The average molecular weight is 222 g/mol. The van der Waals surface area contributed by atoms with Gasteiger partial charge >= 0.3 is 0 Å². The molecule has 1 heterocycles. The summed E-state index contributed by atoms with van der Waals surface area (Å²) in [5.41, 5.74) is 5.62. The second-order valence-electron chi connectivity index (χ2n) is 4.43. The number of nitrogens with two attached hydrogens (primary N) is 1. The monoisotopic (exact) mass is 222 g/mol. The molecule has 1 unspecified atom stereocenters. The zero-order valence-electron chi connectivity index (χ0n) is 9.53. The highest BCUT2D eigenvalue weighted by Crippen LogP contribution is 2.20. The molecule has 1 saturated carbocycles. The fourth-order valence-corrected chi connectivity index (χ4v) is 1.67. The molecule has 1 aliphatic carbocycles. The minimum atomic E-state index is -0.175. The molecule has 2 rings (SSSR count). The van der Waals surface area contributed by atoms with Crippen LogP contribution < -0.4 is 11.1 Å². The molecule has 1 aromatic rings. The molecule has 0 aliphatic heterocycles. The van der Waals surface area contributed by atoms with Crippen molar-refractivity contribution in [1.29, 1.82) is 0 Å². The van der Waals surface area contributed by atoms with Crippen LogP contribution in [0.1, 0.15) is 24.4 Å². The van der Waals surface area contributed by atoms with Crippen LogP contribution in [0.5, 0.6) is 0 Å². The zero-order valence-corrected chi connectivity index (χ0v) is 9.53. The summed E-state index contributed by atoms with van der Waals surface area (Å²) in [6.45, 7) is 2.25. The van der Waals surface area contributed by atoms with Gasteiger partial charge in [0.2, 0.25) is 5.91 Å². The Morgan fingerprint density at radius 1 is 1.62 bits per heavy atom. The number of furan rings is 1. The number of rotatable bonds is 5. The van der Waals surface area contributed by atoms with Crippen molar-refractivity contribution in [2.75, 3.05) is 6.54 Å². The summed E-state index contributed by atoms with van der Waals surface area (Å²) in [6, 6.07) is 4.20. The second kappa shape index (κ2) is 4.70. The minimum absolute atomic E-state index is 0.0547. The Bertz CT molecular complexity index is 369. The molecule has 0 aromatic carbocycles. The number of amides is 1. The zero-order chi connectivity index (χ0) is 11.5. The molecule has 0 radical (unpaired) electrons. The largest absolute Gasteiger partial charge is 0.466 e. The molecule has 0 bridgehead atoms.